The molecule has 0 fully saturated rings. The first-order valence-corrected chi connectivity index (χ1v) is 9.19. The van der Waals surface area contributed by atoms with Crippen LogP contribution < -0.4 is 0 Å². The first-order valence-electron chi connectivity index (χ1n) is 6.87. The highest BCUT2D eigenvalue weighted by Crippen LogP contribution is 2.27. The molecule has 2 aromatic heterocycles. The highest BCUT2D eigenvalue weighted by atomic mass is 32.2. The molecule has 122 valence electrons. The molecule has 0 amide bonds. The second-order valence-corrected chi connectivity index (χ2v) is 9.15. The van der Waals surface area contributed by atoms with Crippen LogP contribution in [0.15, 0.2) is 14.8 Å². The van der Waals surface area contributed by atoms with Crippen LogP contribution >= 0.6 is 11.3 Å². The van der Waals surface area contributed by atoms with Crippen molar-refractivity contribution in [1.82, 2.24) is 14.4 Å². The fourth-order valence-electron chi connectivity index (χ4n) is 2.04. The number of thiazole rings is 1. The van der Waals surface area contributed by atoms with Crippen LogP contribution in [-0.2, 0) is 22.0 Å². The van der Waals surface area contributed by atoms with Crippen molar-refractivity contribution in [3.05, 3.63) is 27.5 Å². The molecular weight excluding hydrogens is 322 g/mol. The van der Waals surface area contributed by atoms with Gasteiger partial charge >= 0.3 is 0 Å². The number of sulfonamides is 1. The Bertz CT molecular complexity index is 750. The molecule has 0 atom stereocenters. The van der Waals surface area contributed by atoms with Crippen LogP contribution in [0.5, 0.6) is 0 Å². The highest BCUT2D eigenvalue weighted by molar-refractivity contribution is 7.89. The van der Waals surface area contributed by atoms with Crippen LogP contribution in [0.3, 0.4) is 0 Å². The van der Waals surface area contributed by atoms with Crippen LogP contribution in [-0.4, -0.2) is 29.9 Å². The van der Waals surface area contributed by atoms with Gasteiger partial charge in [0.2, 0.25) is 10.0 Å². The van der Waals surface area contributed by atoms with Crippen LogP contribution in [0.2, 0.25) is 0 Å². The Morgan fingerprint density at radius 3 is 2.41 bits per heavy atom. The minimum atomic E-state index is -3.64. The quantitative estimate of drug-likeness (QED) is 0.853. The van der Waals surface area contributed by atoms with E-state index in [1.165, 1.54) is 11.4 Å². The fraction of sp³-hybridized carbons (Fsp3) is 0.571. The molecule has 0 N–H and O–H groups in total. The maximum atomic E-state index is 12.6. The standard InChI is InChI=1S/C14H21N3O3S2/c1-9-12(10(2)20-16-9)22(18,19)17(6)7-11-8-21-13(15-11)14(3,4)5/h8H,7H2,1-6H3. The lowest BCUT2D eigenvalue weighted by atomic mass is 9.98. The summed E-state index contributed by atoms with van der Waals surface area (Å²) in [6, 6.07) is 0. The first-order chi connectivity index (χ1) is 10.0. The molecule has 6 nitrogen and oxygen atoms in total. The Balaban J connectivity index is 2.25. The monoisotopic (exact) mass is 343 g/mol. The molecule has 0 aromatic carbocycles. The van der Waals surface area contributed by atoms with Gasteiger partial charge < -0.3 is 4.52 Å². The smallest absolute Gasteiger partial charge is 0.248 e. The summed E-state index contributed by atoms with van der Waals surface area (Å²) in [6.07, 6.45) is 0. The maximum absolute atomic E-state index is 12.6. The van der Waals surface area contributed by atoms with Crippen molar-refractivity contribution < 1.29 is 12.9 Å². The predicted octanol–water partition coefficient (Wildman–Crippen LogP) is 2.87. The Morgan fingerprint density at radius 1 is 1.32 bits per heavy atom. The molecule has 0 saturated carbocycles. The van der Waals surface area contributed by atoms with E-state index in [0.29, 0.717) is 11.5 Å². The van der Waals surface area contributed by atoms with E-state index in [1.807, 2.05) is 5.38 Å². The average Bonchev–Trinajstić information content (AvgIpc) is 2.96. The van der Waals surface area contributed by atoms with E-state index in [-0.39, 0.29) is 16.9 Å². The van der Waals surface area contributed by atoms with Crippen molar-refractivity contribution in [2.24, 2.45) is 0 Å². The number of nitrogens with zero attached hydrogens (tertiary/aromatic N) is 3. The number of aromatic nitrogens is 2. The van der Waals surface area contributed by atoms with E-state index in [4.69, 9.17) is 4.52 Å². The van der Waals surface area contributed by atoms with Crippen LogP contribution in [0.25, 0.3) is 0 Å². The third-order valence-corrected chi connectivity index (χ3v) is 6.58. The zero-order valence-electron chi connectivity index (χ0n) is 13.7. The van der Waals surface area contributed by atoms with Gasteiger partial charge in [-0.25, -0.2) is 13.4 Å². The fourth-order valence-corrected chi connectivity index (χ4v) is 4.36. The van der Waals surface area contributed by atoms with Gasteiger partial charge in [-0.3, -0.25) is 0 Å². The van der Waals surface area contributed by atoms with Crippen molar-refractivity contribution in [2.45, 2.75) is 51.5 Å². The molecule has 0 unspecified atom stereocenters. The topological polar surface area (TPSA) is 76.3 Å². The van der Waals surface area contributed by atoms with Crippen molar-refractivity contribution in [3.8, 4) is 0 Å². The number of hydrogen-bond acceptors (Lipinski definition) is 6. The van der Waals surface area contributed by atoms with E-state index >= 15 is 0 Å². The van der Waals surface area contributed by atoms with Gasteiger partial charge in [0.1, 0.15) is 10.6 Å². The van der Waals surface area contributed by atoms with Gasteiger partial charge in [0.25, 0.3) is 0 Å². The summed E-state index contributed by atoms with van der Waals surface area (Å²) in [5.41, 5.74) is 1.08. The highest BCUT2D eigenvalue weighted by Gasteiger charge is 2.29. The molecule has 0 aliphatic rings. The van der Waals surface area contributed by atoms with Gasteiger partial charge in [0, 0.05) is 17.8 Å². The van der Waals surface area contributed by atoms with Crippen molar-refractivity contribution >= 4 is 21.4 Å². The number of rotatable bonds is 4. The molecule has 0 saturated heterocycles. The average molecular weight is 343 g/mol. The lowest BCUT2D eigenvalue weighted by Crippen LogP contribution is -2.27. The van der Waals surface area contributed by atoms with Gasteiger partial charge in [0.15, 0.2) is 5.76 Å². The Labute approximate surface area is 135 Å². The second-order valence-electron chi connectivity index (χ2n) is 6.31. The summed E-state index contributed by atoms with van der Waals surface area (Å²) in [5.74, 6) is 0.304. The molecule has 2 rings (SSSR count). The molecule has 8 heteroatoms. The molecule has 0 radical (unpaired) electrons. The van der Waals surface area contributed by atoms with Gasteiger partial charge in [-0.2, -0.15) is 4.31 Å². The van der Waals surface area contributed by atoms with Crippen molar-refractivity contribution in [2.75, 3.05) is 7.05 Å². The lowest BCUT2D eigenvalue weighted by molar-refractivity contribution is 0.389. The third-order valence-electron chi connectivity index (χ3n) is 3.21. The van der Waals surface area contributed by atoms with Gasteiger partial charge in [-0.05, 0) is 13.8 Å². The largest absolute Gasteiger partial charge is 0.360 e. The van der Waals surface area contributed by atoms with Gasteiger partial charge in [-0.1, -0.05) is 25.9 Å². The Morgan fingerprint density at radius 2 is 1.95 bits per heavy atom. The maximum Gasteiger partial charge on any atom is 0.248 e. The van der Waals surface area contributed by atoms with E-state index in [1.54, 1.807) is 25.2 Å². The Hall–Kier alpha value is -1.25. The van der Waals surface area contributed by atoms with Crippen LogP contribution in [0, 0.1) is 13.8 Å². The zero-order chi connectivity index (χ0) is 16.7. The molecule has 0 spiro atoms. The van der Waals surface area contributed by atoms with E-state index < -0.39 is 10.0 Å². The third kappa shape index (κ3) is 3.23. The summed E-state index contributed by atoms with van der Waals surface area (Å²) in [5, 5.41) is 6.61. The van der Waals surface area contributed by atoms with Crippen LogP contribution in [0.1, 0.15) is 42.9 Å². The number of aryl methyl sites for hydroxylation is 2. The molecule has 2 aromatic rings. The van der Waals surface area contributed by atoms with Gasteiger partial charge in [0.05, 0.1) is 17.2 Å². The second kappa shape index (κ2) is 5.75. The minimum Gasteiger partial charge on any atom is -0.360 e. The predicted molar refractivity (Wildman–Crippen MR) is 85.4 cm³/mol. The van der Waals surface area contributed by atoms with Crippen molar-refractivity contribution in [3.63, 3.8) is 0 Å². The van der Waals surface area contributed by atoms with E-state index in [2.05, 4.69) is 30.9 Å². The molecule has 0 aliphatic heterocycles. The summed E-state index contributed by atoms with van der Waals surface area (Å²) in [4.78, 5) is 4.67. The SMILES string of the molecule is Cc1noc(C)c1S(=O)(=O)N(C)Cc1csc(C(C)(C)C)n1. The molecule has 0 aliphatic carbocycles. The molecular formula is C14H21N3O3S2. The zero-order valence-corrected chi connectivity index (χ0v) is 15.3. The summed E-state index contributed by atoms with van der Waals surface area (Å²) in [6.45, 7) is 9.69. The van der Waals surface area contributed by atoms with E-state index in [9.17, 15) is 8.42 Å². The Kier molecular flexibility index (Phi) is 4.47. The van der Waals surface area contributed by atoms with Crippen molar-refractivity contribution in [1.29, 1.82) is 0 Å². The summed E-state index contributed by atoms with van der Waals surface area (Å²) in [7, 11) is -2.10. The summed E-state index contributed by atoms with van der Waals surface area (Å²) >= 11 is 1.55. The van der Waals surface area contributed by atoms with Crippen LogP contribution in [0.4, 0.5) is 0 Å². The molecule has 2 heterocycles. The molecule has 0 bridgehead atoms. The first kappa shape index (κ1) is 17.1. The lowest BCUT2D eigenvalue weighted by Gasteiger charge is -2.16. The van der Waals surface area contributed by atoms with E-state index in [0.717, 1.165) is 10.7 Å². The molecule has 22 heavy (non-hydrogen) atoms. The normalized spacial score (nSPS) is 13.0. The number of hydrogen-bond donors (Lipinski definition) is 0. The van der Waals surface area contributed by atoms with Gasteiger partial charge in [-0.15, -0.1) is 11.3 Å². The minimum absolute atomic E-state index is 0.0397. The summed E-state index contributed by atoms with van der Waals surface area (Å²) < 4.78 is 31.5.